The van der Waals surface area contributed by atoms with Crippen LogP contribution >= 0.6 is 11.3 Å². The van der Waals surface area contributed by atoms with Crippen LogP contribution < -0.4 is 4.74 Å². The average molecular weight is 305 g/mol. The molecule has 5 heteroatoms. The molecule has 1 aromatic heterocycles. The van der Waals surface area contributed by atoms with E-state index in [2.05, 4.69) is 4.98 Å². The van der Waals surface area contributed by atoms with Gasteiger partial charge >= 0.3 is 5.97 Å². The van der Waals surface area contributed by atoms with Crippen molar-refractivity contribution in [1.82, 2.24) is 4.98 Å². The molecule has 1 aromatic carbocycles. The number of fused-ring (bicyclic) bond motifs is 1. The quantitative estimate of drug-likeness (QED) is 0.791. The molecule has 0 bridgehead atoms. The highest BCUT2D eigenvalue weighted by Gasteiger charge is 2.49. The van der Waals surface area contributed by atoms with Crippen LogP contribution in [-0.2, 0) is 14.9 Å². The zero-order valence-electron chi connectivity index (χ0n) is 12.3. The highest BCUT2D eigenvalue weighted by Crippen LogP contribution is 2.47. The summed E-state index contributed by atoms with van der Waals surface area (Å²) in [6.45, 7) is 4.87. The smallest absolute Gasteiger partial charge is 0.319 e. The Hall–Kier alpha value is -1.62. The van der Waals surface area contributed by atoms with Gasteiger partial charge in [-0.2, -0.15) is 0 Å². The SMILES string of the molecule is CCOC(=O)C1(c2nc3ccc(OCC)cc3s2)CCC1. The van der Waals surface area contributed by atoms with E-state index in [-0.39, 0.29) is 5.97 Å². The summed E-state index contributed by atoms with van der Waals surface area (Å²) in [6.07, 6.45) is 2.73. The van der Waals surface area contributed by atoms with Crippen molar-refractivity contribution in [2.75, 3.05) is 13.2 Å². The Morgan fingerprint density at radius 3 is 2.76 bits per heavy atom. The Balaban J connectivity index is 1.97. The van der Waals surface area contributed by atoms with Gasteiger partial charge in [-0.05, 0) is 44.9 Å². The Morgan fingerprint density at radius 1 is 1.33 bits per heavy atom. The molecule has 112 valence electrons. The van der Waals surface area contributed by atoms with Gasteiger partial charge in [0.05, 0.1) is 23.4 Å². The van der Waals surface area contributed by atoms with Gasteiger partial charge < -0.3 is 9.47 Å². The number of carbonyl (C=O) groups is 1. The zero-order chi connectivity index (χ0) is 14.9. The van der Waals surface area contributed by atoms with Crippen LogP contribution in [0.2, 0.25) is 0 Å². The van der Waals surface area contributed by atoms with Gasteiger partial charge in [0.1, 0.15) is 16.2 Å². The Labute approximate surface area is 128 Å². The Kier molecular flexibility index (Phi) is 3.85. The molecule has 1 aliphatic rings. The largest absolute Gasteiger partial charge is 0.494 e. The number of nitrogens with zero attached hydrogens (tertiary/aromatic N) is 1. The second kappa shape index (κ2) is 5.64. The molecular formula is C16H19NO3S. The number of thiazole rings is 1. The van der Waals surface area contributed by atoms with Crippen LogP contribution in [0.25, 0.3) is 10.2 Å². The summed E-state index contributed by atoms with van der Waals surface area (Å²) >= 11 is 1.58. The Bertz CT molecular complexity index is 661. The average Bonchev–Trinajstić information content (AvgIpc) is 2.81. The second-order valence-electron chi connectivity index (χ2n) is 5.24. The molecule has 3 rings (SSSR count). The van der Waals surface area contributed by atoms with E-state index in [9.17, 15) is 4.79 Å². The fourth-order valence-corrected chi connectivity index (χ4v) is 3.90. The monoisotopic (exact) mass is 305 g/mol. The van der Waals surface area contributed by atoms with Crippen LogP contribution in [0.15, 0.2) is 18.2 Å². The maximum absolute atomic E-state index is 12.3. The molecule has 0 N–H and O–H groups in total. The zero-order valence-corrected chi connectivity index (χ0v) is 13.2. The lowest BCUT2D eigenvalue weighted by molar-refractivity contribution is -0.153. The number of hydrogen-bond donors (Lipinski definition) is 0. The Morgan fingerprint density at radius 2 is 2.14 bits per heavy atom. The highest BCUT2D eigenvalue weighted by atomic mass is 32.1. The minimum atomic E-state index is -0.508. The predicted octanol–water partition coefficient (Wildman–Crippen LogP) is 3.68. The number of esters is 1. The summed E-state index contributed by atoms with van der Waals surface area (Å²) in [7, 11) is 0. The molecule has 0 amide bonds. The molecule has 1 saturated carbocycles. The summed E-state index contributed by atoms with van der Waals surface area (Å²) in [4.78, 5) is 17.0. The summed E-state index contributed by atoms with van der Waals surface area (Å²) in [5.74, 6) is 0.722. The van der Waals surface area contributed by atoms with Gasteiger partial charge in [-0.3, -0.25) is 4.79 Å². The molecule has 1 heterocycles. The maximum Gasteiger partial charge on any atom is 0.319 e. The van der Waals surface area contributed by atoms with E-state index in [0.717, 1.165) is 40.2 Å². The number of rotatable bonds is 5. The number of benzene rings is 1. The first-order chi connectivity index (χ1) is 10.2. The molecule has 0 aliphatic heterocycles. The van der Waals surface area contributed by atoms with E-state index in [0.29, 0.717) is 13.2 Å². The van der Waals surface area contributed by atoms with Crippen LogP contribution in [0.3, 0.4) is 0 Å². The van der Waals surface area contributed by atoms with Crippen molar-refractivity contribution >= 4 is 27.5 Å². The van der Waals surface area contributed by atoms with Crippen molar-refractivity contribution in [1.29, 1.82) is 0 Å². The predicted molar refractivity (Wildman–Crippen MR) is 83.0 cm³/mol. The van der Waals surface area contributed by atoms with Crippen molar-refractivity contribution in [2.24, 2.45) is 0 Å². The molecule has 2 aromatic rings. The topological polar surface area (TPSA) is 48.4 Å². The number of hydrogen-bond acceptors (Lipinski definition) is 5. The van der Waals surface area contributed by atoms with E-state index in [1.165, 1.54) is 0 Å². The number of carbonyl (C=O) groups excluding carboxylic acids is 1. The first kappa shape index (κ1) is 14.3. The summed E-state index contributed by atoms with van der Waals surface area (Å²) in [5, 5.41) is 0.885. The van der Waals surface area contributed by atoms with E-state index in [4.69, 9.17) is 9.47 Å². The first-order valence-corrected chi connectivity index (χ1v) is 8.22. The van der Waals surface area contributed by atoms with Crippen molar-refractivity contribution < 1.29 is 14.3 Å². The first-order valence-electron chi connectivity index (χ1n) is 7.40. The van der Waals surface area contributed by atoms with Crippen LogP contribution in [0.5, 0.6) is 5.75 Å². The van der Waals surface area contributed by atoms with Gasteiger partial charge in [0.2, 0.25) is 0 Å². The molecule has 0 radical (unpaired) electrons. The molecular weight excluding hydrogens is 286 g/mol. The molecule has 0 atom stereocenters. The minimum absolute atomic E-state index is 0.125. The van der Waals surface area contributed by atoms with E-state index in [1.807, 2.05) is 32.0 Å². The summed E-state index contributed by atoms with van der Waals surface area (Å²) in [5.41, 5.74) is 0.417. The van der Waals surface area contributed by atoms with Gasteiger partial charge in [-0.1, -0.05) is 6.42 Å². The van der Waals surface area contributed by atoms with Crippen molar-refractivity contribution in [3.8, 4) is 5.75 Å². The molecule has 0 spiro atoms. The fraction of sp³-hybridized carbons (Fsp3) is 0.500. The van der Waals surface area contributed by atoms with E-state index in [1.54, 1.807) is 11.3 Å². The van der Waals surface area contributed by atoms with Gasteiger partial charge in [-0.25, -0.2) is 4.98 Å². The molecule has 0 unspecified atom stereocenters. The van der Waals surface area contributed by atoms with Crippen LogP contribution in [0.1, 0.15) is 38.1 Å². The maximum atomic E-state index is 12.3. The van der Waals surface area contributed by atoms with E-state index >= 15 is 0 Å². The second-order valence-corrected chi connectivity index (χ2v) is 6.27. The standard InChI is InChI=1S/C16H19NO3S/c1-3-19-11-6-7-12-13(10-11)21-14(17-12)16(8-5-9-16)15(18)20-4-2/h6-7,10H,3-5,8-9H2,1-2H3. The number of ether oxygens (including phenoxy) is 2. The fourth-order valence-electron chi connectivity index (χ4n) is 2.67. The normalized spacial score (nSPS) is 16.5. The lowest BCUT2D eigenvalue weighted by atomic mass is 9.69. The third-order valence-corrected chi connectivity index (χ3v) is 5.18. The summed E-state index contributed by atoms with van der Waals surface area (Å²) < 4.78 is 11.8. The van der Waals surface area contributed by atoms with Crippen LogP contribution in [0, 0.1) is 0 Å². The number of aromatic nitrogens is 1. The molecule has 21 heavy (non-hydrogen) atoms. The van der Waals surface area contributed by atoms with Crippen LogP contribution in [-0.4, -0.2) is 24.2 Å². The van der Waals surface area contributed by atoms with Crippen molar-refractivity contribution in [3.63, 3.8) is 0 Å². The minimum Gasteiger partial charge on any atom is -0.494 e. The van der Waals surface area contributed by atoms with Crippen molar-refractivity contribution in [3.05, 3.63) is 23.2 Å². The third-order valence-electron chi connectivity index (χ3n) is 3.95. The summed E-state index contributed by atoms with van der Waals surface area (Å²) in [6, 6.07) is 5.88. The van der Waals surface area contributed by atoms with Gasteiger partial charge in [-0.15, -0.1) is 11.3 Å². The third kappa shape index (κ3) is 2.39. The van der Waals surface area contributed by atoms with Gasteiger partial charge in [0, 0.05) is 0 Å². The van der Waals surface area contributed by atoms with Crippen molar-refractivity contribution in [2.45, 2.75) is 38.5 Å². The lowest BCUT2D eigenvalue weighted by Crippen LogP contribution is -2.43. The highest BCUT2D eigenvalue weighted by molar-refractivity contribution is 7.18. The van der Waals surface area contributed by atoms with Gasteiger partial charge in [0.15, 0.2) is 0 Å². The van der Waals surface area contributed by atoms with Gasteiger partial charge in [0.25, 0.3) is 0 Å². The lowest BCUT2D eigenvalue weighted by Gasteiger charge is -2.37. The molecule has 0 saturated heterocycles. The van der Waals surface area contributed by atoms with E-state index < -0.39 is 5.41 Å². The molecule has 1 fully saturated rings. The van der Waals surface area contributed by atoms with Crippen LogP contribution in [0.4, 0.5) is 0 Å². The molecule has 4 nitrogen and oxygen atoms in total. The molecule has 1 aliphatic carbocycles.